The number of carbonyl (C=O) groups excluding carboxylic acids is 3. The maximum Gasteiger partial charge on any atom is 0.416 e. The fourth-order valence-corrected chi connectivity index (χ4v) is 4.99. The maximum absolute atomic E-state index is 13.6. The van der Waals surface area contributed by atoms with Crippen LogP contribution in [0.15, 0.2) is 66.7 Å². The van der Waals surface area contributed by atoms with Crippen molar-refractivity contribution in [1.29, 1.82) is 0 Å². The Morgan fingerprint density at radius 3 is 2.17 bits per heavy atom. The van der Waals surface area contributed by atoms with Gasteiger partial charge in [-0.25, -0.2) is 14.4 Å². The third-order valence-corrected chi connectivity index (χ3v) is 7.24. The minimum atomic E-state index is -4.46. The second kappa shape index (κ2) is 15.3. The molecule has 0 bridgehead atoms. The smallest absolute Gasteiger partial charge is 0.416 e. The third kappa shape index (κ3) is 10.4. The summed E-state index contributed by atoms with van der Waals surface area (Å²) in [6, 6.07) is 17.0. The number of alkyl carbamates (subject to hydrolysis) is 1. The molecule has 0 aromatic heterocycles. The molecule has 0 heterocycles. The monoisotopic (exact) mass is 644 g/mol. The van der Waals surface area contributed by atoms with Crippen molar-refractivity contribution < 1.29 is 41.8 Å². The highest BCUT2D eigenvalue weighted by atomic mass is 19.4. The number of nitrogens with one attached hydrogen (secondary N) is 1. The van der Waals surface area contributed by atoms with E-state index in [9.17, 15) is 27.6 Å². The molecule has 3 rings (SSSR count). The first-order chi connectivity index (χ1) is 21.5. The second-order valence-corrected chi connectivity index (χ2v) is 12.5. The van der Waals surface area contributed by atoms with Crippen LogP contribution in [0.2, 0.25) is 0 Å². The van der Waals surface area contributed by atoms with Crippen LogP contribution in [0.4, 0.5) is 22.8 Å². The van der Waals surface area contributed by atoms with E-state index >= 15 is 0 Å². The van der Waals surface area contributed by atoms with Gasteiger partial charge in [-0.2, -0.15) is 13.2 Å². The normalized spacial score (nSPS) is 13.9. The summed E-state index contributed by atoms with van der Waals surface area (Å²) in [5.74, 6) is -1.17. The van der Waals surface area contributed by atoms with Crippen LogP contribution < -0.4 is 5.32 Å². The molecule has 0 saturated heterocycles. The number of hydrogen-bond donors (Lipinski definition) is 1. The summed E-state index contributed by atoms with van der Waals surface area (Å²) in [6.07, 6.45) is -6.71. The first-order valence-electron chi connectivity index (χ1n) is 15.3. The molecule has 0 fully saturated rings. The molecule has 2 unspecified atom stereocenters. The fourth-order valence-electron chi connectivity index (χ4n) is 4.99. The lowest BCUT2D eigenvalue weighted by Crippen LogP contribution is -2.48. The second-order valence-electron chi connectivity index (χ2n) is 12.5. The Labute approximate surface area is 268 Å². The van der Waals surface area contributed by atoms with Crippen LogP contribution in [0.3, 0.4) is 0 Å². The molecular formula is C35H43F3N2O6. The lowest BCUT2D eigenvalue weighted by molar-refractivity contribution is -0.170. The van der Waals surface area contributed by atoms with Gasteiger partial charge >= 0.3 is 24.3 Å². The minimum absolute atomic E-state index is 0.148. The molecule has 3 aromatic rings. The lowest BCUT2D eigenvalue weighted by atomic mass is 9.98. The molecular weight excluding hydrogens is 601 g/mol. The summed E-state index contributed by atoms with van der Waals surface area (Å²) >= 11 is 0. The number of hydrogen-bond acceptors (Lipinski definition) is 6. The molecule has 0 aliphatic rings. The van der Waals surface area contributed by atoms with Gasteiger partial charge in [0.05, 0.1) is 11.6 Å². The number of rotatable bonds is 11. The number of alkyl halides is 3. The van der Waals surface area contributed by atoms with Gasteiger partial charge in [-0.1, -0.05) is 74.5 Å². The number of benzene rings is 3. The summed E-state index contributed by atoms with van der Waals surface area (Å²) < 4.78 is 56.0. The first-order valence-corrected chi connectivity index (χ1v) is 15.3. The zero-order chi connectivity index (χ0) is 34.2. The van der Waals surface area contributed by atoms with Crippen LogP contribution in [-0.2, 0) is 31.6 Å². The Kier molecular flexibility index (Phi) is 12.1. The number of amides is 2. The Morgan fingerprint density at radius 1 is 0.870 bits per heavy atom. The molecule has 3 atom stereocenters. The predicted molar refractivity (Wildman–Crippen MR) is 169 cm³/mol. The van der Waals surface area contributed by atoms with Crippen LogP contribution in [0.25, 0.3) is 10.8 Å². The molecule has 0 saturated carbocycles. The predicted octanol–water partition coefficient (Wildman–Crippen LogP) is 8.43. The summed E-state index contributed by atoms with van der Waals surface area (Å²) in [7, 11) is 0. The number of ether oxygens (including phenoxy) is 3. The van der Waals surface area contributed by atoms with E-state index in [0.29, 0.717) is 12.0 Å². The third-order valence-electron chi connectivity index (χ3n) is 7.24. The molecule has 0 aliphatic carbocycles. The maximum atomic E-state index is 13.6. The molecule has 0 aliphatic heterocycles. The molecule has 0 spiro atoms. The number of esters is 1. The number of aryl methyl sites for hydroxylation is 1. The van der Waals surface area contributed by atoms with Crippen molar-refractivity contribution >= 4 is 28.9 Å². The van der Waals surface area contributed by atoms with E-state index in [0.717, 1.165) is 28.5 Å². The average Bonchev–Trinajstić information content (AvgIpc) is 2.96. The van der Waals surface area contributed by atoms with Crippen molar-refractivity contribution in [3.05, 3.63) is 83.4 Å². The molecule has 3 aromatic carbocycles. The molecule has 2 amide bonds. The van der Waals surface area contributed by atoms with E-state index in [4.69, 9.17) is 14.2 Å². The highest BCUT2D eigenvalue weighted by Gasteiger charge is 2.32. The number of nitrogens with zero attached hydrogens (tertiary/aromatic N) is 1. The molecule has 1 N–H and O–H groups in total. The number of fused-ring (bicyclic) bond motifs is 1. The van der Waals surface area contributed by atoms with E-state index in [-0.39, 0.29) is 18.9 Å². The zero-order valence-electron chi connectivity index (χ0n) is 27.3. The standard InChI is InChI=1S/C35H43F3N2O6/c1-22(2)30(39-32(42)46-34(5,6)7)31(41)44-24(4)45-33(43)40(20-12-14-25-13-10-17-27(21-25)35(36,37)38)23(3)28-19-11-16-26-15-8-9-18-29(26)28/h8-11,13,15-19,21-24,30H,12,14,20H2,1-7H3,(H,39,42)/t23-,24?,30?/m1/s1. The van der Waals surface area contributed by atoms with Crippen molar-refractivity contribution in [2.75, 3.05) is 6.54 Å². The molecule has 8 nitrogen and oxygen atoms in total. The van der Waals surface area contributed by atoms with Crippen LogP contribution in [0, 0.1) is 5.92 Å². The van der Waals surface area contributed by atoms with Gasteiger partial charge in [-0.15, -0.1) is 0 Å². The quantitative estimate of drug-likeness (QED) is 0.166. The Bertz CT molecular complexity index is 1500. The van der Waals surface area contributed by atoms with Gasteiger partial charge in [-0.3, -0.25) is 0 Å². The minimum Gasteiger partial charge on any atom is -0.444 e. The van der Waals surface area contributed by atoms with Gasteiger partial charge in [0, 0.05) is 13.5 Å². The van der Waals surface area contributed by atoms with Crippen molar-refractivity contribution in [3.63, 3.8) is 0 Å². The Hall–Kier alpha value is -4.28. The number of halogens is 3. The van der Waals surface area contributed by atoms with E-state index in [1.54, 1.807) is 40.7 Å². The van der Waals surface area contributed by atoms with Gasteiger partial charge in [0.2, 0.25) is 6.29 Å². The fraction of sp³-hybridized carbons (Fsp3) is 0.457. The largest absolute Gasteiger partial charge is 0.444 e. The molecule has 46 heavy (non-hydrogen) atoms. The van der Waals surface area contributed by atoms with Gasteiger partial charge in [0.25, 0.3) is 0 Å². The summed E-state index contributed by atoms with van der Waals surface area (Å²) in [6.45, 7) is 11.9. The van der Waals surface area contributed by atoms with Gasteiger partial charge < -0.3 is 24.4 Å². The topological polar surface area (TPSA) is 94.2 Å². The summed E-state index contributed by atoms with van der Waals surface area (Å²) in [5, 5.41) is 4.42. The number of carbonyl (C=O) groups is 3. The van der Waals surface area contributed by atoms with Crippen molar-refractivity contribution in [2.24, 2.45) is 5.92 Å². The van der Waals surface area contributed by atoms with E-state index in [1.165, 1.54) is 17.9 Å². The van der Waals surface area contributed by atoms with Crippen molar-refractivity contribution in [3.8, 4) is 0 Å². The van der Waals surface area contributed by atoms with Crippen LogP contribution in [-0.4, -0.2) is 47.5 Å². The van der Waals surface area contributed by atoms with Crippen LogP contribution in [0.1, 0.15) is 77.6 Å². The van der Waals surface area contributed by atoms with Crippen molar-refractivity contribution in [2.45, 2.75) is 91.5 Å². The highest BCUT2D eigenvalue weighted by molar-refractivity contribution is 5.86. The molecule has 11 heteroatoms. The van der Waals surface area contributed by atoms with Crippen LogP contribution in [0.5, 0.6) is 0 Å². The Balaban J connectivity index is 1.77. The van der Waals surface area contributed by atoms with E-state index < -0.39 is 53.9 Å². The van der Waals surface area contributed by atoms with Gasteiger partial charge in [0.1, 0.15) is 11.6 Å². The first kappa shape index (κ1) is 36.2. The average molecular weight is 645 g/mol. The van der Waals surface area contributed by atoms with Gasteiger partial charge in [-0.05, 0) is 74.4 Å². The van der Waals surface area contributed by atoms with E-state index in [1.807, 2.05) is 49.4 Å². The van der Waals surface area contributed by atoms with Gasteiger partial charge in [0.15, 0.2) is 0 Å². The van der Waals surface area contributed by atoms with E-state index in [2.05, 4.69) is 5.32 Å². The highest BCUT2D eigenvalue weighted by Crippen LogP contribution is 2.31. The SMILES string of the molecule is CC(OC(=O)C(NC(=O)OC(C)(C)C)C(C)C)OC(=O)N(CCCc1cccc(C(F)(F)F)c1)[C@H](C)c1cccc2ccccc12. The Morgan fingerprint density at radius 2 is 1.52 bits per heavy atom. The van der Waals surface area contributed by atoms with Crippen LogP contribution >= 0.6 is 0 Å². The van der Waals surface area contributed by atoms with Crippen molar-refractivity contribution in [1.82, 2.24) is 10.2 Å². The lowest BCUT2D eigenvalue weighted by Gasteiger charge is -2.31. The molecule has 250 valence electrons. The molecule has 0 radical (unpaired) electrons. The summed E-state index contributed by atoms with van der Waals surface area (Å²) in [5.41, 5.74) is -0.175. The summed E-state index contributed by atoms with van der Waals surface area (Å²) in [4.78, 5) is 40.4. The zero-order valence-corrected chi connectivity index (χ0v) is 27.3.